The molecule has 10 heteroatoms. The number of carbonyl (C=O) groups is 3. The van der Waals surface area contributed by atoms with E-state index in [2.05, 4.69) is 24.5 Å². The largest absolute Gasteiger partial charge is 0.450 e. The molecule has 34 heavy (non-hydrogen) atoms. The molecule has 8 nitrogen and oxygen atoms in total. The fraction of sp³-hybridized carbons (Fsp3) is 0.875. The summed E-state index contributed by atoms with van der Waals surface area (Å²) < 4.78 is 4.64. The van der Waals surface area contributed by atoms with Gasteiger partial charge in [0, 0.05) is 23.9 Å². The van der Waals surface area contributed by atoms with E-state index in [1.54, 1.807) is 16.7 Å². The fourth-order valence-corrected chi connectivity index (χ4v) is 6.30. The standard InChI is InChI=1S/C24H44N4O4S.ClH/c1-6-14-32-23(31)27-20(24(4,5)33-16(2)3)22(30)28-13-7-8-19(28)21(29)26-15-17-9-11-18(25)12-10-17;/h16-20H,6-15,25H2,1-5H3,(H,26,29)(H,27,31);1H/t17?,18?,19-,20-;/m0./s1. The van der Waals surface area contributed by atoms with Gasteiger partial charge in [0.1, 0.15) is 12.1 Å². The second kappa shape index (κ2) is 14.4. The molecule has 0 unspecified atom stereocenters. The first-order valence-corrected chi connectivity index (χ1v) is 13.4. The summed E-state index contributed by atoms with van der Waals surface area (Å²) in [5.41, 5.74) is 5.99. The molecule has 0 aromatic carbocycles. The van der Waals surface area contributed by atoms with E-state index >= 15 is 0 Å². The number of hydrogen-bond acceptors (Lipinski definition) is 6. The van der Waals surface area contributed by atoms with Crippen LogP contribution in [0.25, 0.3) is 0 Å². The molecule has 1 aliphatic heterocycles. The molecule has 2 atom stereocenters. The van der Waals surface area contributed by atoms with Gasteiger partial charge < -0.3 is 26.0 Å². The molecule has 2 fully saturated rings. The van der Waals surface area contributed by atoms with Crippen molar-refractivity contribution >= 4 is 42.1 Å². The van der Waals surface area contributed by atoms with Crippen LogP contribution in [-0.4, -0.2) is 70.6 Å². The fourth-order valence-electron chi connectivity index (χ4n) is 4.79. The minimum absolute atomic E-state index is 0. The van der Waals surface area contributed by atoms with Crippen molar-refractivity contribution in [2.75, 3.05) is 19.7 Å². The third-order valence-corrected chi connectivity index (χ3v) is 7.79. The molecule has 1 saturated carbocycles. The third-order valence-electron chi connectivity index (χ3n) is 6.48. The molecule has 0 spiro atoms. The molecule has 2 rings (SSSR count). The average molecular weight is 521 g/mol. The summed E-state index contributed by atoms with van der Waals surface area (Å²) in [5, 5.41) is 6.15. The molecule has 1 saturated heterocycles. The van der Waals surface area contributed by atoms with E-state index < -0.39 is 22.9 Å². The molecule has 4 N–H and O–H groups in total. The lowest BCUT2D eigenvalue weighted by molar-refractivity contribution is -0.140. The topological polar surface area (TPSA) is 114 Å². The van der Waals surface area contributed by atoms with Gasteiger partial charge in [-0.3, -0.25) is 9.59 Å². The molecule has 1 aliphatic carbocycles. The van der Waals surface area contributed by atoms with Gasteiger partial charge in [-0.15, -0.1) is 12.4 Å². The number of alkyl carbamates (subject to hydrolysis) is 1. The average Bonchev–Trinajstić information content (AvgIpc) is 3.24. The first kappa shape index (κ1) is 30.8. The number of rotatable bonds is 10. The maximum absolute atomic E-state index is 13.7. The maximum atomic E-state index is 13.7. The van der Waals surface area contributed by atoms with Crippen LogP contribution in [0.15, 0.2) is 0 Å². The summed E-state index contributed by atoms with van der Waals surface area (Å²) in [6.45, 7) is 11.4. The molecule has 0 aromatic heterocycles. The number of likely N-dealkylation sites (tertiary alicyclic amines) is 1. The van der Waals surface area contributed by atoms with E-state index in [0.717, 1.165) is 32.1 Å². The zero-order valence-corrected chi connectivity index (χ0v) is 23.1. The Morgan fingerprint density at radius 3 is 2.38 bits per heavy atom. The monoisotopic (exact) mass is 520 g/mol. The highest BCUT2D eigenvalue weighted by molar-refractivity contribution is 8.01. The van der Waals surface area contributed by atoms with Crippen LogP contribution in [0.5, 0.6) is 0 Å². The van der Waals surface area contributed by atoms with Gasteiger partial charge >= 0.3 is 6.09 Å². The van der Waals surface area contributed by atoms with Crippen molar-refractivity contribution < 1.29 is 19.1 Å². The van der Waals surface area contributed by atoms with Gasteiger partial charge in [0.25, 0.3) is 0 Å². The van der Waals surface area contributed by atoms with Crippen molar-refractivity contribution in [3.05, 3.63) is 0 Å². The Bertz CT molecular complexity index is 671. The van der Waals surface area contributed by atoms with Crippen LogP contribution in [0.3, 0.4) is 0 Å². The van der Waals surface area contributed by atoms with E-state index in [1.807, 2.05) is 20.8 Å². The van der Waals surface area contributed by atoms with Crippen molar-refractivity contribution in [2.24, 2.45) is 11.7 Å². The summed E-state index contributed by atoms with van der Waals surface area (Å²) >= 11 is 1.63. The van der Waals surface area contributed by atoms with E-state index in [-0.39, 0.29) is 35.5 Å². The number of nitrogens with zero attached hydrogens (tertiary/aromatic N) is 1. The van der Waals surface area contributed by atoms with Crippen molar-refractivity contribution in [1.29, 1.82) is 0 Å². The highest BCUT2D eigenvalue weighted by Gasteiger charge is 2.44. The number of thioether (sulfide) groups is 1. The SMILES string of the molecule is CCCOC(=O)N[C@@H](C(=O)N1CCC[C@H]1C(=O)NCC1CCC(N)CC1)C(C)(C)SC(C)C.Cl. The van der Waals surface area contributed by atoms with Gasteiger partial charge in [0.2, 0.25) is 11.8 Å². The number of carbonyl (C=O) groups excluding carboxylic acids is 3. The number of nitrogens with two attached hydrogens (primary N) is 1. The van der Waals surface area contributed by atoms with Gasteiger partial charge in [-0.1, -0.05) is 20.8 Å². The lowest BCUT2D eigenvalue weighted by Gasteiger charge is -2.38. The highest BCUT2D eigenvalue weighted by atomic mass is 35.5. The maximum Gasteiger partial charge on any atom is 0.407 e. The van der Waals surface area contributed by atoms with Crippen LogP contribution < -0.4 is 16.4 Å². The molecule has 2 aliphatic rings. The predicted octanol–water partition coefficient (Wildman–Crippen LogP) is 3.46. The van der Waals surface area contributed by atoms with E-state index in [0.29, 0.717) is 38.5 Å². The van der Waals surface area contributed by atoms with Crippen LogP contribution in [-0.2, 0) is 14.3 Å². The zero-order valence-electron chi connectivity index (χ0n) is 21.4. The first-order valence-electron chi connectivity index (χ1n) is 12.5. The number of halogens is 1. The summed E-state index contributed by atoms with van der Waals surface area (Å²) in [6.07, 6.45) is 5.57. The number of nitrogens with one attached hydrogen (secondary N) is 2. The molecule has 198 valence electrons. The zero-order chi connectivity index (χ0) is 24.6. The first-order chi connectivity index (χ1) is 15.5. The van der Waals surface area contributed by atoms with Gasteiger partial charge in [0.05, 0.1) is 6.61 Å². The highest BCUT2D eigenvalue weighted by Crippen LogP contribution is 2.34. The van der Waals surface area contributed by atoms with E-state index in [4.69, 9.17) is 10.5 Å². The van der Waals surface area contributed by atoms with E-state index in [9.17, 15) is 14.4 Å². The van der Waals surface area contributed by atoms with Crippen LogP contribution in [0, 0.1) is 5.92 Å². The molecule has 1 heterocycles. The minimum Gasteiger partial charge on any atom is -0.450 e. The smallest absolute Gasteiger partial charge is 0.407 e. The second-order valence-corrected chi connectivity index (χ2v) is 12.4. The van der Waals surface area contributed by atoms with Crippen molar-refractivity contribution in [1.82, 2.24) is 15.5 Å². The molecule has 0 bridgehead atoms. The van der Waals surface area contributed by atoms with Crippen LogP contribution >= 0.6 is 24.2 Å². The van der Waals surface area contributed by atoms with Crippen molar-refractivity contribution in [3.63, 3.8) is 0 Å². The summed E-state index contributed by atoms with van der Waals surface area (Å²) in [4.78, 5) is 40.8. The van der Waals surface area contributed by atoms with Crippen LogP contribution in [0.1, 0.15) is 79.6 Å². The Balaban J connectivity index is 0.00000578. The lowest BCUT2D eigenvalue weighted by Crippen LogP contribution is -2.60. The minimum atomic E-state index is -0.789. The molecular weight excluding hydrogens is 476 g/mol. The molecule has 0 radical (unpaired) electrons. The van der Waals surface area contributed by atoms with Crippen LogP contribution in [0.4, 0.5) is 4.79 Å². The van der Waals surface area contributed by atoms with Gasteiger partial charge in [0.15, 0.2) is 0 Å². The number of amides is 3. The second-order valence-electron chi connectivity index (χ2n) is 10.2. The predicted molar refractivity (Wildman–Crippen MR) is 140 cm³/mol. The molecular formula is C24H45ClN4O4S. The Labute approximate surface area is 215 Å². The number of ether oxygens (including phenoxy) is 1. The van der Waals surface area contributed by atoms with Crippen molar-refractivity contribution in [2.45, 2.75) is 108 Å². The lowest BCUT2D eigenvalue weighted by atomic mass is 9.86. The van der Waals surface area contributed by atoms with Gasteiger partial charge in [-0.2, -0.15) is 11.8 Å². The third kappa shape index (κ3) is 9.11. The normalized spacial score (nSPS) is 23.7. The molecule has 3 amide bonds. The Morgan fingerprint density at radius 2 is 1.79 bits per heavy atom. The van der Waals surface area contributed by atoms with Gasteiger partial charge in [-0.05, 0) is 70.0 Å². The van der Waals surface area contributed by atoms with E-state index in [1.165, 1.54) is 0 Å². The Kier molecular flexibility index (Phi) is 13.1. The van der Waals surface area contributed by atoms with Crippen molar-refractivity contribution in [3.8, 4) is 0 Å². The Morgan fingerprint density at radius 1 is 1.15 bits per heavy atom. The number of hydrogen-bond donors (Lipinski definition) is 3. The summed E-state index contributed by atoms with van der Waals surface area (Å²) in [5.74, 6) is 0.128. The molecule has 0 aromatic rings. The summed E-state index contributed by atoms with van der Waals surface area (Å²) in [7, 11) is 0. The Hall–Kier alpha value is -1.19. The van der Waals surface area contributed by atoms with Gasteiger partial charge in [-0.25, -0.2) is 4.79 Å². The van der Waals surface area contributed by atoms with Crippen LogP contribution in [0.2, 0.25) is 0 Å². The quantitative estimate of drug-likeness (QED) is 0.406. The summed E-state index contributed by atoms with van der Waals surface area (Å²) in [6, 6.07) is -1.01.